The number of aliphatic hydroxyl groups excluding tert-OH is 1. The molecule has 0 aromatic heterocycles. The summed E-state index contributed by atoms with van der Waals surface area (Å²) < 4.78 is 0. The maximum Gasteiger partial charge on any atom is 0.324 e. The summed E-state index contributed by atoms with van der Waals surface area (Å²) in [6.07, 6.45) is 6.33. The Balaban J connectivity index is 1.76. The smallest absolute Gasteiger partial charge is 0.324 e. The monoisotopic (exact) mass is 372 g/mol. The first-order valence-electron chi connectivity index (χ1n) is 9.08. The molecule has 0 radical (unpaired) electrons. The van der Waals surface area contributed by atoms with Crippen LogP contribution in [0.1, 0.15) is 51.4 Å². The van der Waals surface area contributed by atoms with Crippen LogP contribution in [0.15, 0.2) is 0 Å². The second kappa shape index (κ2) is 10.0. The van der Waals surface area contributed by atoms with E-state index < -0.39 is 24.1 Å². The van der Waals surface area contributed by atoms with Crippen LogP contribution < -0.4 is 5.32 Å². The van der Waals surface area contributed by atoms with Gasteiger partial charge in [0.2, 0.25) is 0 Å². The summed E-state index contributed by atoms with van der Waals surface area (Å²) in [4.78, 5) is 36.0. The van der Waals surface area contributed by atoms with Crippen molar-refractivity contribution in [1.29, 1.82) is 0 Å². The third-order valence-corrected chi connectivity index (χ3v) is 6.11. The third-order valence-electron chi connectivity index (χ3n) is 4.98. The number of carbonyl (C=O) groups is 3. The highest BCUT2D eigenvalue weighted by molar-refractivity contribution is 7.99. The molecule has 2 rings (SSSR count). The molecule has 142 valence electrons. The Morgan fingerprint density at radius 1 is 1.28 bits per heavy atom. The number of nitrogens with one attached hydrogen (secondary N) is 1. The number of rotatable bonds is 10. The van der Waals surface area contributed by atoms with Gasteiger partial charge in [-0.05, 0) is 37.4 Å². The van der Waals surface area contributed by atoms with E-state index in [4.69, 9.17) is 5.11 Å². The molecule has 3 amide bonds. The standard InChI is InChI=1S/C17H28N2O5S/c20-14(12-5-2-1-3-6-12)8-9-19-13(16(23)18-17(19)24)11-25-10-4-7-15(21)22/h12-14,20H,1-11H2,(H,21,22)(H,18,23,24). The van der Waals surface area contributed by atoms with Gasteiger partial charge in [0.1, 0.15) is 6.04 Å². The number of amides is 3. The molecule has 1 aliphatic carbocycles. The Hall–Kier alpha value is -1.28. The van der Waals surface area contributed by atoms with Crippen LogP contribution in [0.2, 0.25) is 0 Å². The van der Waals surface area contributed by atoms with Crippen LogP contribution in [-0.2, 0) is 9.59 Å². The number of aliphatic carboxylic acids is 1. The molecule has 1 saturated carbocycles. The SMILES string of the molecule is O=C(O)CCCSCC1C(=O)NC(=O)N1CCC(O)C1CCCCC1. The molecule has 2 fully saturated rings. The summed E-state index contributed by atoms with van der Waals surface area (Å²) in [7, 11) is 0. The zero-order valence-electron chi connectivity index (χ0n) is 14.5. The number of thioether (sulfide) groups is 1. The van der Waals surface area contributed by atoms with Crippen LogP contribution in [-0.4, -0.2) is 63.2 Å². The first kappa shape index (κ1) is 20.0. The van der Waals surface area contributed by atoms with E-state index in [1.165, 1.54) is 23.1 Å². The van der Waals surface area contributed by atoms with Gasteiger partial charge in [0.15, 0.2) is 0 Å². The summed E-state index contributed by atoms with van der Waals surface area (Å²) in [5.41, 5.74) is 0. The van der Waals surface area contributed by atoms with Gasteiger partial charge < -0.3 is 15.1 Å². The molecule has 0 aromatic rings. The van der Waals surface area contributed by atoms with Crippen LogP contribution in [0.4, 0.5) is 4.79 Å². The molecular formula is C17H28N2O5S. The van der Waals surface area contributed by atoms with Crippen LogP contribution in [0.3, 0.4) is 0 Å². The number of urea groups is 1. The van der Waals surface area contributed by atoms with Crippen molar-refractivity contribution in [2.75, 3.05) is 18.1 Å². The van der Waals surface area contributed by atoms with Crippen molar-refractivity contribution in [3.8, 4) is 0 Å². The normalized spacial score (nSPS) is 22.9. The highest BCUT2D eigenvalue weighted by atomic mass is 32.2. The largest absolute Gasteiger partial charge is 0.481 e. The molecule has 3 N–H and O–H groups in total. The number of imide groups is 1. The van der Waals surface area contributed by atoms with Crippen molar-refractivity contribution >= 4 is 29.7 Å². The Bertz CT molecular complexity index is 482. The lowest BCUT2D eigenvalue weighted by atomic mass is 9.84. The molecule has 1 heterocycles. The number of carbonyl (C=O) groups excluding carboxylic acids is 2. The van der Waals surface area contributed by atoms with Crippen LogP contribution in [0.5, 0.6) is 0 Å². The summed E-state index contributed by atoms with van der Waals surface area (Å²) in [5, 5.41) is 21.3. The second-order valence-corrected chi connectivity index (χ2v) is 7.98. The summed E-state index contributed by atoms with van der Waals surface area (Å²) in [6, 6.07) is -0.919. The van der Waals surface area contributed by atoms with E-state index in [9.17, 15) is 19.5 Å². The Labute approximate surface area is 152 Å². The number of carboxylic acid groups (broad SMARTS) is 1. The third kappa shape index (κ3) is 6.18. The van der Waals surface area contributed by atoms with Crippen molar-refractivity contribution in [3.05, 3.63) is 0 Å². The number of nitrogens with zero attached hydrogens (tertiary/aromatic N) is 1. The van der Waals surface area contributed by atoms with E-state index in [1.54, 1.807) is 0 Å². The van der Waals surface area contributed by atoms with Crippen molar-refractivity contribution in [1.82, 2.24) is 10.2 Å². The van der Waals surface area contributed by atoms with Crippen LogP contribution >= 0.6 is 11.8 Å². The molecule has 1 saturated heterocycles. The van der Waals surface area contributed by atoms with Gasteiger partial charge in [0.05, 0.1) is 6.10 Å². The fourth-order valence-corrected chi connectivity index (χ4v) is 4.58. The van der Waals surface area contributed by atoms with Crippen molar-refractivity contribution in [3.63, 3.8) is 0 Å². The number of carboxylic acids is 1. The minimum atomic E-state index is -0.826. The molecule has 0 spiro atoms. The summed E-state index contributed by atoms with van der Waals surface area (Å²) >= 11 is 1.48. The first-order valence-corrected chi connectivity index (χ1v) is 10.2. The van der Waals surface area contributed by atoms with Gasteiger partial charge in [-0.1, -0.05) is 19.3 Å². The maximum atomic E-state index is 12.0. The van der Waals surface area contributed by atoms with Gasteiger partial charge in [0.25, 0.3) is 5.91 Å². The van der Waals surface area contributed by atoms with E-state index in [-0.39, 0.29) is 12.3 Å². The molecule has 2 aliphatic rings. The Morgan fingerprint density at radius 2 is 2.00 bits per heavy atom. The minimum Gasteiger partial charge on any atom is -0.481 e. The van der Waals surface area contributed by atoms with Crippen LogP contribution in [0, 0.1) is 5.92 Å². The lowest BCUT2D eigenvalue weighted by Crippen LogP contribution is -2.39. The van der Waals surface area contributed by atoms with Gasteiger partial charge in [-0.3, -0.25) is 14.9 Å². The quantitative estimate of drug-likeness (QED) is 0.399. The fourth-order valence-electron chi connectivity index (χ4n) is 3.51. The Kier molecular flexibility index (Phi) is 8.02. The Morgan fingerprint density at radius 3 is 2.68 bits per heavy atom. The van der Waals surface area contributed by atoms with Crippen LogP contribution in [0.25, 0.3) is 0 Å². The first-order chi connectivity index (χ1) is 12.0. The number of aliphatic hydroxyl groups is 1. The van der Waals surface area contributed by atoms with Crippen molar-refractivity contribution < 1.29 is 24.6 Å². The van der Waals surface area contributed by atoms with Gasteiger partial charge in [-0.25, -0.2) is 4.79 Å². The van der Waals surface area contributed by atoms with Gasteiger partial charge in [-0.2, -0.15) is 11.8 Å². The molecule has 8 heteroatoms. The average Bonchev–Trinajstić information content (AvgIpc) is 2.86. The van der Waals surface area contributed by atoms with Gasteiger partial charge >= 0.3 is 12.0 Å². The molecule has 2 atom stereocenters. The number of hydrogen-bond acceptors (Lipinski definition) is 5. The summed E-state index contributed by atoms with van der Waals surface area (Å²) in [5.74, 6) is 0.272. The summed E-state index contributed by atoms with van der Waals surface area (Å²) in [6.45, 7) is 0.371. The number of hydrogen-bond donors (Lipinski definition) is 3. The molecule has 0 aromatic carbocycles. The lowest BCUT2D eigenvalue weighted by molar-refractivity contribution is -0.137. The molecule has 0 bridgehead atoms. The molecule has 7 nitrogen and oxygen atoms in total. The van der Waals surface area contributed by atoms with E-state index in [2.05, 4.69) is 5.32 Å². The topological polar surface area (TPSA) is 107 Å². The molecular weight excluding hydrogens is 344 g/mol. The second-order valence-electron chi connectivity index (χ2n) is 6.83. The molecule has 1 aliphatic heterocycles. The van der Waals surface area contributed by atoms with E-state index >= 15 is 0 Å². The molecule has 2 unspecified atom stereocenters. The lowest BCUT2D eigenvalue weighted by Gasteiger charge is -2.29. The van der Waals surface area contributed by atoms with Crippen molar-refractivity contribution in [2.45, 2.75) is 63.5 Å². The van der Waals surface area contributed by atoms with Gasteiger partial charge in [-0.15, -0.1) is 0 Å². The molecule has 25 heavy (non-hydrogen) atoms. The average molecular weight is 372 g/mol. The predicted molar refractivity (Wildman–Crippen MR) is 95.4 cm³/mol. The van der Waals surface area contributed by atoms with Crippen molar-refractivity contribution in [2.24, 2.45) is 5.92 Å². The van der Waals surface area contributed by atoms with E-state index in [1.807, 2.05) is 0 Å². The zero-order chi connectivity index (χ0) is 18.2. The highest BCUT2D eigenvalue weighted by Gasteiger charge is 2.38. The predicted octanol–water partition coefficient (Wildman–Crippen LogP) is 1.84. The maximum absolute atomic E-state index is 12.0. The van der Waals surface area contributed by atoms with E-state index in [0.29, 0.717) is 36.8 Å². The highest BCUT2D eigenvalue weighted by Crippen LogP contribution is 2.28. The van der Waals surface area contributed by atoms with Gasteiger partial charge in [0, 0.05) is 18.7 Å². The fraction of sp³-hybridized carbons (Fsp3) is 0.824. The minimum absolute atomic E-state index is 0.111. The van der Waals surface area contributed by atoms with E-state index in [0.717, 1.165) is 25.7 Å². The zero-order valence-corrected chi connectivity index (χ0v) is 15.3.